The van der Waals surface area contributed by atoms with Gasteiger partial charge >= 0.3 is 33.3 Å². The molecule has 0 spiro atoms. The van der Waals surface area contributed by atoms with Gasteiger partial charge in [-0.3, -0.25) is 0 Å². The SMILES string of the molecule is [Cl][Cu][Cl].[I].[Pd].c1ccc(P(c2ccccc2)c2ccccc2)cc1.c1ccc(P(c2ccccc2)c2ccccc2)cc1. The van der Waals surface area contributed by atoms with Crippen LogP contribution in [0.1, 0.15) is 0 Å². The first-order valence-corrected chi connectivity index (χ1v) is 18.3. The third-order valence-corrected chi connectivity index (χ3v) is 11.0. The molecule has 226 valence electrons. The first-order chi connectivity index (χ1) is 20.3. The molecule has 0 saturated carbocycles. The van der Waals surface area contributed by atoms with Crippen molar-refractivity contribution in [3.05, 3.63) is 182 Å². The van der Waals surface area contributed by atoms with Gasteiger partial charge in [0.15, 0.2) is 0 Å². The predicted octanol–water partition coefficient (Wildman–Crippen LogP) is 9.15. The van der Waals surface area contributed by atoms with Gasteiger partial charge in [0.25, 0.3) is 0 Å². The van der Waals surface area contributed by atoms with Crippen LogP contribution in [0.25, 0.3) is 0 Å². The maximum Gasteiger partial charge on any atom is 0 e. The van der Waals surface area contributed by atoms with Gasteiger partial charge < -0.3 is 0 Å². The van der Waals surface area contributed by atoms with Crippen LogP contribution in [0.4, 0.5) is 0 Å². The molecule has 0 heterocycles. The van der Waals surface area contributed by atoms with E-state index in [-0.39, 0.29) is 44.4 Å². The third-order valence-electron chi connectivity index (χ3n) is 6.09. The number of halogens is 3. The van der Waals surface area contributed by atoms with E-state index in [1.807, 2.05) is 0 Å². The molecule has 6 aromatic rings. The summed E-state index contributed by atoms with van der Waals surface area (Å²) in [5.41, 5.74) is 0. The van der Waals surface area contributed by atoms with E-state index in [2.05, 4.69) is 202 Å². The van der Waals surface area contributed by atoms with Crippen molar-refractivity contribution < 1.29 is 33.6 Å². The Hall–Kier alpha value is -1.33. The molecule has 0 aromatic heterocycles. The van der Waals surface area contributed by atoms with E-state index >= 15 is 0 Å². The van der Waals surface area contributed by atoms with Crippen molar-refractivity contribution in [1.29, 1.82) is 0 Å². The molecule has 0 amide bonds. The molecule has 0 fully saturated rings. The predicted molar refractivity (Wildman–Crippen MR) is 196 cm³/mol. The Morgan fingerprint density at radius 1 is 0.302 bits per heavy atom. The maximum atomic E-state index is 4.67. The molecule has 6 aromatic carbocycles. The maximum absolute atomic E-state index is 4.67. The summed E-state index contributed by atoms with van der Waals surface area (Å²) in [7, 11) is 8.45. The molecule has 0 aliphatic heterocycles. The van der Waals surface area contributed by atoms with E-state index < -0.39 is 15.8 Å². The zero-order valence-corrected chi connectivity index (χ0v) is 30.9. The monoisotopic (exact) mass is 890 g/mol. The molecular formula is C36H30Cl2CuIP2Pd. The molecule has 0 saturated heterocycles. The summed E-state index contributed by atoms with van der Waals surface area (Å²) in [6.45, 7) is 0. The molecule has 1 radical (unpaired) electrons. The fraction of sp³-hybridized carbons (Fsp3) is 0. The number of hydrogen-bond donors (Lipinski definition) is 0. The summed E-state index contributed by atoms with van der Waals surface area (Å²) in [4.78, 5) is 0. The second-order valence-corrected chi connectivity index (χ2v) is 14.7. The van der Waals surface area contributed by atoms with Crippen molar-refractivity contribution in [3.8, 4) is 0 Å². The van der Waals surface area contributed by atoms with Crippen molar-refractivity contribution in [2.45, 2.75) is 0 Å². The standard InChI is InChI=1S/2C18H15P.2ClH.Cu.I.Pd/c2*1-4-10-16(11-5-1)19(17-12-6-2-7-13-17)18-14-8-3-9-15-18;;;;;/h2*1-15H;2*1H;;;/q;;;;+2;;/p-2. The number of benzene rings is 6. The largest absolute Gasteiger partial charge is 0.0622 e. The molecular weight excluding hydrogens is 862 g/mol. The first-order valence-electron chi connectivity index (χ1n) is 13.0. The van der Waals surface area contributed by atoms with Gasteiger partial charge in [-0.25, -0.2) is 0 Å². The summed E-state index contributed by atoms with van der Waals surface area (Å²) >= 11 is 0.757. The summed E-state index contributed by atoms with van der Waals surface area (Å²) in [6, 6.07) is 64.7. The van der Waals surface area contributed by atoms with Crippen LogP contribution in [0, 0.1) is 0 Å². The smallest absolute Gasteiger partial charge is 0 e. The van der Waals surface area contributed by atoms with Crippen LogP contribution in [0.5, 0.6) is 0 Å². The van der Waals surface area contributed by atoms with Crippen LogP contribution < -0.4 is 31.8 Å². The Morgan fingerprint density at radius 3 is 0.535 bits per heavy atom. The van der Waals surface area contributed by atoms with Gasteiger partial charge in [-0.2, -0.15) is 0 Å². The van der Waals surface area contributed by atoms with E-state index in [1.165, 1.54) is 31.8 Å². The minimum atomic E-state index is -0.446. The van der Waals surface area contributed by atoms with Gasteiger partial charge in [-0.1, -0.05) is 182 Å². The Bertz CT molecular complexity index is 1210. The zero-order chi connectivity index (χ0) is 28.5. The fourth-order valence-electron chi connectivity index (χ4n) is 4.36. The molecule has 0 nitrogen and oxygen atoms in total. The van der Waals surface area contributed by atoms with Crippen LogP contribution in [-0.4, -0.2) is 0 Å². The minimum Gasteiger partial charge on any atom is -0.0622 e. The van der Waals surface area contributed by atoms with Crippen molar-refractivity contribution in [2.24, 2.45) is 0 Å². The second kappa shape index (κ2) is 22.2. The van der Waals surface area contributed by atoms with Gasteiger partial charge in [0.05, 0.1) is 0 Å². The quantitative estimate of drug-likeness (QED) is 0.0890. The Labute approximate surface area is 304 Å². The van der Waals surface area contributed by atoms with Crippen molar-refractivity contribution >= 4 is 91.8 Å². The topological polar surface area (TPSA) is 0 Å². The van der Waals surface area contributed by atoms with Crippen LogP contribution in [0.3, 0.4) is 0 Å². The van der Waals surface area contributed by atoms with Gasteiger partial charge in [0.1, 0.15) is 0 Å². The normalized spacial score (nSPS) is 9.86. The van der Waals surface area contributed by atoms with Crippen LogP contribution >= 0.6 is 60.0 Å². The van der Waals surface area contributed by atoms with Crippen LogP contribution in [0.15, 0.2) is 182 Å². The van der Waals surface area contributed by atoms with E-state index in [0.29, 0.717) is 0 Å². The first kappa shape index (κ1) is 37.9. The molecule has 6 rings (SSSR count). The van der Waals surface area contributed by atoms with E-state index in [4.69, 9.17) is 0 Å². The molecule has 0 N–H and O–H groups in total. The van der Waals surface area contributed by atoms with Crippen LogP contribution in [0.2, 0.25) is 0 Å². The number of hydrogen-bond acceptors (Lipinski definition) is 0. The average Bonchev–Trinajstić information content (AvgIpc) is 3.05. The van der Waals surface area contributed by atoms with Gasteiger partial charge in [-0.15, -0.1) is 0 Å². The molecule has 0 atom stereocenters. The van der Waals surface area contributed by atoms with Crippen molar-refractivity contribution in [2.75, 3.05) is 0 Å². The van der Waals surface area contributed by atoms with Crippen molar-refractivity contribution in [3.63, 3.8) is 0 Å². The molecule has 0 bridgehead atoms. The fourth-order valence-corrected chi connectivity index (χ4v) is 8.97. The zero-order valence-electron chi connectivity index (χ0n) is 23.0. The van der Waals surface area contributed by atoms with E-state index in [9.17, 15) is 0 Å². The second-order valence-electron chi connectivity index (χ2n) is 8.73. The Morgan fingerprint density at radius 2 is 0.419 bits per heavy atom. The van der Waals surface area contributed by atoms with Gasteiger partial charge in [0, 0.05) is 44.4 Å². The molecule has 43 heavy (non-hydrogen) atoms. The minimum absolute atomic E-state index is 0. The van der Waals surface area contributed by atoms with E-state index in [0.717, 1.165) is 13.1 Å². The van der Waals surface area contributed by atoms with Crippen molar-refractivity contribution in [1.82, 2.24) is 0 Å². The molecule has 7 heteroatoms. The number of rotatable bonds is 6. The summed E-state index contributed by atoms with van der Waals surface area (Å²) < 4.78 is 0. The van der Waals surface area contributed by atoms with E-state index in [1.54, 1.807) is 0 Å². The summed E-state index contributed by atoms with van der Waals surface area (Å²) in [5, 5.41) is 8.39. The van der Waals surface area contributed by atoms with Gasteiger partial charge in [0.2, 0.25) is 0 Å². The summed E-state index contributed by atoms with van der Waals surface area (Å²) in [6.07, 6.45) is 0. The third kappa shape index (κ3) is 12.2. The molecule has 0 unspecified atom stereocenters. The van der Waals surface area contributed by atoms with Gasteiger partial charge in [-0.05, 0) is 47.7 Å². The molecule has 0 aliphatic carbocycles. The Kier molecular flexibility index (Phi) is 19.6. The summed E-state index contributed by atoms with van der Waals surface area (Å²) in [5.74, 6) is 0. The van der Waals surface area contributed by atoms with Crippen LogP contribution in [-0.2, 0) is 33.6 Å². The Balaban J connectivity index is 0.000000264. The average molecular weight is 892 g/mol. The molecule has 0 aliphatic rings.